The number of esters is 1. The van der Waals surface area contributed by atoms with Crippen LogP contribution in [0.1, 0.15) is 121 Å². The van der Waals surface area contributed by atoms with E-state index in [1.807, 2.05) is 20.8 Å². The minimum Gasteiger partial charge on any atom is -0.494 e. The average Bonchev–Trinajstić information content (AvgIpc) is 3.22. The molecule has 1 heterocycles. The van der Waals surface area contributed by atoms with Gasteiger partial charge in [0, 0.05) is 38.0 Å². The third-order valence-electron chi connectivity index (χ3n) is 8.77. The molecule has 350 valence electrons. The van der Waals surface area contributed by atoms with E-state index in [4.69, 9.17) is 33.5 Å². The Morgan fingerprint density at radius 3 is 1.77 bits per heavy atom. The molecule has 0 saturated heterocycles. The molecule has 0 aliphatic carbocycles. The number of carboxylic acid groups (broad SMARTS) is 1. The van der Waals surface area contributed by atoms with Crippen molar-refractivity contribution in [2.75, 3.05) is 77.3 Å². The first-order valence-corrected chi connectivity index (χ1v) is 23.1. The highest BCUT2D eigenvalue weighted by Crippen LogP contribution is 2.20. The lowest BCUT2D eigenvalue weighted by Gasteiger charge is -2.19. The molecule has 19 heteroatoms. The van der Waals surface area contributed by atoms with E-state index in [1.165, 1.54) is 75.9 Å². The molecule has 0 atom stereocenters. The van der Waals surface area contributed by atoms with Gasteiger partial charge in [0.15, 0.2) is 0 Å². The molecule has 0 bridgehead atoms. The van der Waals surface area contributed by atoms with Gasteiger partial charge in [-0.3, -0.25) is 14.4 Å². The zero-order valence-corrected chi connectivity index (χ0v) is 37.6. The second-order valence-corrected chi connectivity index (χ2v) is 17.2. The number of benzene rings is 1. The summed E-state index contributed by atoms with van der Waals surface area (Å²) in [6, 6.07) is 6.22. The molecular formula is C43H69N5O13S. The Labute approximate surface area is 367 Å². The number of unbranched alkanes of at least 4 members (excludes halogenated alkanes) is 12. The Hall–Kier alpha value is -4.43. The molecule has 0 spiro atoms. The molecule has 2 amide bonds. The summed E-state index contributed by atoms with van der Waals surface area (Å²) in [4.78, 5) is 54.3. The van der Waals surface area contributed by atoms with Crippen molar-refractivity contribution in [3.8, 4) is 5.75 Å². The molecular weight excluding hydrogens is 827 g/mol. The van der Waals surface area contributed by atoms with Crippen LogP contribution in [0.3, 0.4) is 0 Å². The molecule has 18 nitrogen and oxygen atoms in total. The Balaban J connectivity index is 1.49. The fourth-order valence-corrected chi connectivity index (χ4v) is 6.72. The maximum atomic E-state index is 13.0. The molecule has 0 aliphatic heterocycles. The van der Waals surface area contributed by atoms with E-state index in [0.717, 1.165) is 32.1 Å². The van der Waals surface area contributed by atoms with Crippen LogP contribution in [0, 0.1) is 0 Å². The summed E-state index contributed by atoms with van der Waals surface area (Å²) >= 11 is 0. The molecule has 1 aromatic heterocycles. The number of sulfonamides is 1. The van der Waals surface area contributed by atoms with Gasteiger partial charge in [0.25, 0.3) is 15.9 Å². The van der Waals surface area contributed by atoms with Gasteiger partial charge in [0.1, 0.15) is 24.6 Å². The van der Waals surface area contributed by atoms with E-state index in [1.54, 1.807) is 12.1 Å². The molecule has 4 N–H and O–H groups in total. The number of aliphatic carboxylic acids is 1. The smallest absolute Gasteiger partial charge is 0.329 e. The van der Waals surface area contributed by atoms with Gasteiger partial charge < -0.3 is 44.2 Å². The molecule has 62 heavy (non-hydrogen) atoms. The molecule has 0 aliphatic rings. The number of carbonyl (C=O) groups is 4. The van der Waals surface area contributed by atoms with Gasteiger partial charge in [0.2, 0.25) is 11.9 Å². The Kier molecular flexibility index (Phi) is 28.0. The molecule has 1 aromatic carbocycles. The minimum absolute atomic E-state index is 0.00616. The highest BCUT2D eigenvalue weighted by Gasteiger charge is 2.18. The van der Waals surface area contributed by atoms with Crippen molar-refractivity contribution in [3.63, 3.8) is 0 Å². The summed E-state index contributed by atoms with van der Waals surface area (Å²) < 4.78 is 60.3. The largest absolute Gasteiger partial charge is 0.494 e. The Bertz CT molecular complexity index is 1670. The summed E-state index contributed by atoms with van der Waals surface area (Å²) in [6.07, 6.45) is 17.8. The third kappa shape index (κ3) is 28.2. The summed E-state index contributed by atoms with van der Waals surface area (Å²) in [6.45, 7) is 7.19. The predicted molar refractivity (Wildman–Crippen MR) is 232 cm³/mol. The van der Waals surface area contributed by atoms with Crippen LogP contribution >= 0.6 is 0 Å². The Morgan fingerprint density at radius 2 is 1.19 bits per heavy atom. The van der Waals surface area contributed by atoms with Crippen molar-refractivity contribution < 1.29 is 61.1 Å². The van der Waals surface area contributed by atoms with Crippen LogP contribution < -0.4 is 20.1 Å². The lowest BCUT2D eigenvalue weighted by molar-refractivity contribution is -0.155. The third-order valence-corrected chi connectivity index (χ3v) is 10.1. The molecule has 0 saturated carbocycles. The van der Waals surface area contributed by atoms with Crippen LogP contribution in [0.4, 0.5) is 5.95 Å². The van der Waals surface area contributed by atoms with E-state index >= 15 is 0 Å². The second-order valence-electron chi connectivity index (χ2n) is 15.5. The van der Waals surface area contributed by atoms with Crippen molar-refractivity contribution in [2.45, 2.75) is 121 Å². The first-order valence-electron chi connectivity index (χ1n) is 21.6. The number of hydrogen-bond donors (Lipinski definition) is 4. The first kappa shape index (κ1) is 53.7. The van der Waals surface area contributed by atoms with Gasteiger partial charge in [-0.2, -0.15) is 0 Å². The van der Waals surface area contributed by atoms with Crippen LogP contribution in [0.2, 0.25) is 0 Å². The van der Waals surface area contributed by atoms with Gasteiger partial charge in [-0.15, -0.1) is 0 Å². The van der Waals surface area contributed by atoms with Crippen LogP contribution in [-0.4, -0.2) is 125 Å². The van der Waals surface area contributed by atoms with Gasteiger partial charge in [0.05, 0.1) is 56.7 Å². The predicted octanol–water partition coefficient (Wildman–Crippen LogP) is 5.46. The number of nitrogens with zero attached hydrogens (tertiary/aromatic N) is 2. The number of aromatic nitrogens is 2. The van der Waals surface area contributed by atoms with Crippen molar-refractivity contribution in [3.05, 3.63) is 42.2 Å². The molecule has 0 radical (unpaired) electrons. The highest BCUT2D eigenvalue weighted by atomic mass is 32.2. The second kappa shape index (κ2) is 32.3. The fourth-order valence-electron chi connectivity index (χ4n) is 5.72. The van der Waals surface area contributed by atoms with Gasteiger partial charge in [-0.25, -0.2) is 27.9 Å². The van der Waals surface area contributed by atoms with E-state index in [-0.39, 0.29) is 87.6 Å². The standard InChI is InChI=1S/C43H69N5O13S/c1-43(2,3)61-40(52)20-15-13-11-9-7-5-4-6-8-10-12-14-16-23-60-36-18-17-19-37(30-36)62(54,55)48-42-46-31-35(32-47-42)41(53)45-22-25-57-26-28-58-33-38(49)44-21-24-56-27-29-59-34-39(50)51/h17-19,30-32H,4-16,20-29,33-34H2,1-3H3,(H,44,49)(H,45,53)(H,50,51)(H,46,47,48). The van der Waals surface area contributed by atoms with Crippen LogP contribution in [0.5, 0.6) is 5.75 Å². The van der Waals surface area contributed by atoms with E-state index in [2.05, 4.69) is 25.3 Å². The number of ether oxygens (including phenoxy) is 6. The van der Waals surface area contributed by atoms with Crippen LogP contribution in [0.25, 0.3) is 0 Å². The summed E-state index contributed by atoms with van der Waals surface area (Å²) in [5.74, 6) is -1.71. The van der Waals surface area contributed by atoms with Crippen molar-refractivity contribution in [2.24, 2.45) is 0 Å². The topological polar surface area (TPSA) is 240 Å². The average molecular weight is 896 g/mol. The quantitative estimate of drug-likeness (QED) is 0.0487. The first-order chi connectivity index (χ1) is 29.7. The molecule has 2 aromatic rings. The van der Waals surface area contributed by atoms with Gasteiger partial charge in [-0.05, 0) is 45.7 Å². The SMILES string of the molecule is CC(C)(C)OC(=O)CCCCCCCCCCCCCCCOc1cccc(S(=O)(=O)Nc2ncc(C(=O)NCCOCCOCC(=O)NCCOCCOCC(=O)O)cn2)c1. The number of anilines is 1. The highest BCUT2D eigenvalue weighted by molar-refractivity contribution is 7.92. The normalized spacial score (nSPS) is 11.5. The van der Waals surface area contributed by atoms with Crippen LogP contribution in [-0.2, 0) is 48.1 Å². The van der Waals surface area contributed by atoms with Crippen LogP contribution in [0.15, 0.2) is 41.6 Å². The van der Waals surface area contributed by atoms with E-state index < -0.39 is 34.1 Å². The number of nitrogens with one attached hydrogen (secondary N) is 3. The zero-order chi connectivity index (χ0) is 45.3. The minimum atomic E-state index is -4.02. The number of carboxylic acids is 1. The summed E-state index contributed by atoms with van der Waals surface area (Å²) in [7, 11) is -4.02. The monoisotopic (exact) mass is 895 g/mol. The lowest BCUT2D eigenvalue weighted by Crippen LogP contribution is -2.31. The maximum Gasteiger partial charge on any atom is 0.329 e. The molecule has 2 rings (SSSR count). The number of amides is 2. The summed E-state index contributed by atoms with van der Waals surface area (Å²) in [5, 5.41) is 13.7. The number of carbonyl (C=O) groups excluding carboxylic acids is 3. The van der Waals surface area contributed by atoms with Gasteiger partial charge in [-0.1, -0.05) is 76.7 Å². The van der Waals surface area contributed by atoms with E-state index in [0.29, 0.717) is 18.8 Å². The van der Waals surface area contributed by atoms with Crippen molar-refractivity contribution in [1.82, 2.24) is 20.6 Å². The van der Waals surface area contributed by atoms with Crippen molar-refractivity contribution >= 4 is 39.7 Å². The number of hydrogen-bond acceptors (Lipinski definition) is 14. The van der Waals surface area contributed by atoms with Gasteiger partial charge >= 0.3 is 11.9 Å². The maximum absolute atomic E-state index is 13.0. The van der Waals surface area contributed by atoms with Crippen molar-refractivity contribution in [1.29, 1.82) is 0 Å². The summed E-state index contributed by atoms with van der Waals surface area (Å²) in [5.41, 5.74) is -0.281. The number of rotatable bonds is 37. The van der Waals surface area contributed by atoms with E-state index in [9.17, 15) is 27.6 Å². The Morgan fingerprint density at radius 1 is 0.661 bits per heavy atom. The fraction of sp³-hybridized carbons (Fsp3) is 0.674. The lowest BCUT2D eigenvalue weighted by atomic mass is 10.0. The molecule has 0 fully saturated rings. The molecule has 0 unspecified atom stereocenters. The zero-order valence-electron chi connectivity index (χ0n) is 36.8.